The van der Waals surface area contributed by atoms with Gasteiger partial charge in [-0.05, 0) is 36.2 Å². The largest absolute Gasteiger partial charge is 0.352 e. The number of nitrogens with two attached hydrogens (primary N) is 1. The zero-order valence-corrected chi connectivity index (χ0v) is 11.4. The minimum atomic E-state index is -0.0188. The summed E-state index contributed by atoms with van der Waals surface area (Å²) < 4.78 is 0. The molecule has 0 unspecified atom stereocenters. The number of hydrogen-bond donors (Lipinski definition) is 2. The molecule has 0 spiro atoms. The van der Waals surface area contributed by atoms with Gasteiger partial charge in [-0.25, -0.2) is 0 Å². The monoisotopic (exact) mass is 269 g/mol. The number of rotatable bonds is 6. The van der Waals surface area contributed by atoms with Gasteiger partial charge in [0.15, 0.2) is 0 Å². The van der Waals surface area contributed by atoms with Gasteiger partial charge in [0.1, 0.15) is 0 Å². The van der Waals surface area contributed by atoms with Crippen LogP contribution < -0.4 is 11.1 Å². The lowest BCUT2D eigenvalue weighted by Gasteiger charge is -2.06. The quantitative estimate of drug-likeness (QED) is 0.834. The molecule has 2 aromatic rings. The molecule has 4 nitrogen and oxygen atoms in total. The van der Waals surface area contributed by atoms with Crippen molar-refractivity contribution in [2.75, 3.05) is 6.54 Å². The van der Waals surface area contributed by atoms with E-state index in [1.54, 1.807) is 6.20 Å². The molecule has 1 aromatic heterocycles. The molecule has 0 atom stereocenters. The minimum Gasteiger partial charge on any atom is -0.352 e. The summed E-state index contributed by atoms with van der Waals surface area (Å²) in [6.45, 7) is 1.19. The van der Waals surface area contributed by atoms with E-state index < -0.39 is 0 Å². The van der Waals surface area contributed by atoms with Gasteiger partial charge >= 0.3 is 0 Å². The Morgan fingerprint density at radius 2 is 1.85 bits per heavy atom. The van der Waals surface area contributed by atoms with Gasteiger partial charge < -0.3 is 11.1 Å². The summed E-state index contributed by atoms with van der Waals surface area (Å²) in [6.07, 6.45) is 2.89. The van der Waals surface area contributed by atoms with Crippen LogP contribution in [0.4, 0.5) is 0 Å². The van der Waals surface area contributed by atoms with Crippen molar-refractivity contribution in [3.63, 3.8) is 0 Å². The summed E-state index contributed by atoms with van der Waals surface area (Å²) in [5.41, 5.74) is 8.59. The number of aromatic nitrogens is 1. The molecule has 3 N–H and O–H groups in total. The molecule has 0 aliphatic heterocycles. The molecule has 4 heteroatoms. The molecule has 0 aliphatic carbocycles. The third-order valence-electron chi connectivity index (χ3n) is 3.01. The highest BCUT2D eigenvalue weighted by molar-refractivity contribution is 5.78. The fourth-order valence-corrected chi connectivity index (χ4v) is 1.92. The maximum absolute atomic E-state index is 11.8. The molecular weight excluding hydrogens is 250 g/mol. The van der Waals surface area contributed by atoms with Gasteiger partial charge in [0.25, 0.3) is 0 Å². The maximum Gasteiger partial charge on any atom is 0.226 e. The summed E-state index contributed by atoms with van der Waals surface area (Å²) in [5, 5.41) is 2.90. The molecule has 0 fully saturated rings. The van der Waals surface area contributed by atoms with E-state index in [-0.39, 0.29) is 5.91 Å². The lowest BCUT2D eigenvalue weighted by atomic mass is 10.1. The SMILES string of the molecule is NCCc1ccc(CNC(=O)Cc2ccccn2)cc1. The Hall–Kier alpha value is -2.20. The standard InChI is InChI=1S/C16H19N3O/c17-9-8-13-4-6-14(7-5-13)12-19-16(20)11-15-3-1-2-10-18-15/h1-7,10H,8-9,11-12,17H2,(H,19,20). The Kier molecular flexibility index (Phi) is 5.26. The lowest BCUT2D eigenvalue weighted by molar-refractivity contribution is -0.120. The summed E-state index contributed by atoms with van der Waals surface area (Å²) in [4.78, 5) is 15.9. The van der Waals surface area contributed by atoms with Crippen LogP contribution in [-0.2, 0) is 24.2 Å². The van der Waals surface area contributed by atoms with Crippen LogP contribution in [0.1, 0.15) is 16.8 Å². The van der Waals surface area contributed by atoms with Crippen LogP contribution >= 0.6 is 0 Å². The van der Waals surface area contributed by atoms with E-state index in [2.05, 4.69) is 10.3 Å². The van der Waals surface area contributed by atoms with Crippen molar-refractivity contribution in [2.45, 2.75) is 19.4 Å². The number of amides is 1. The second-order valence-corrected chi connectivity index (χ2v) is 4.63. The lowest BCUT2D eigenvalue weighted by Crippen LogP contribution is -2.24. The highest BCUT2D eigenvalue weighted by atomic mass is 16.1. The van der Waals surface area contributed by atoms with Crippen LogP contribution in [0.15, 0.2) is 48.7 Å². The number of carbonyl (C=O) groups is 1. The van der Waals surface area contributed by atoms with Gasteiger partial charge in [-0.2, -0.15) is 0 Å². The van der Waals surface area contributed by atoms with Crippen LogP contribution in [0.25, 0.3) is 0 Å². The molecule has 104 valence electrons. The van der Waals surface area contributed by atoms with Crippen LogP contribution in [0.3, 0.4) is 0 Å². The molecule has 0 bridgehead atoms. The summed E-state index contributed by atoms with van der Waals surface area (Å²) in [7, 11) is 0. The Balaban J connectivity index is 1.81. The van der Waals surface area contributed by atoms with Gasteiger partial charge in [-0.1, -0.05) is 30.3 Å². The van der Waals surface area contributed by atoms with Crippen molar-refractivity contribution in [3.05, 3.63) is 65.5 Å². The first-order valence-electron chi connectivity index (χ1n) is 6.72. The molecule has 1 aromatic carbocycles. The number of benzene rings is 1. The molecular formula is C16H19N3O. The molecule has 20 heavy (non-hydrogen) atoms. The second-order valence-electron chi connectivity index (χ2n) is 4.63. The molecule has 0 saturated heterocycles. The van der Waals surface area contributed by atoms with Gasteiger partial charge in [0.2, 0.25) is 5.91 Å². The maximum atomic E-state index is 11.8. The molecule has 1 amide bonds. The topological polar surface area (TPSA) is 68.0 Å². The highest BCUT2D eigenvalue weighted by Crippen LogP contribution is 2.04. The number of nitrogens with one attached hydrogen (secondary N) is 1. The molecule has 2 rings (SSSR count). The molecule has 1 heterocycles. The number of pyridine rings is 1. The van der Waals surface area contributed by atoms with E-state index in [0.29, 0.717) is 19.5 Å². The van der Waals surface area contributed by atoms with Crippen LogP contribution in [0.2, 0.25) is 0 Å². The van der Waals surface area contributed by atoms with Crippen molar-refractivity contribution in [1.29, 1.82) is 0 Å². The predicted octanol–water partition coefficient (Wildman–Crippen LogP) is 1.44. The highest BCUT2D eigenvalue weighted by Gasteiger charge is 2.03. The number of nitrogens with zero attached hydrogens (tertiary/aromatic N) is 1. The summed E-state index contributed by atoms with van der Waals surface area (Å²) >= 11 is 0. The van der Waals surface area contributed by atoms with E-state index in [1.165, 1.54) is 5.56 Å². The zero-order valence-electron chi connectivity index (χ0n) is 11.4. The summed E-state index contributed by atoms with van der Waals surface area (Å²) in [6, 6.07) is 13.7. The normalized spacial score (nSPS) is 10.2. The zero-order chi connectivity index (χ0) is 14.2. The second kappa shape index (κ2) is 7.40. The summed E-state index contributed by atoms with van der Waals surface area (Å²) in [5.74, 6) is -0.0188. The molecule has 0 radical (unpaired) electrons. The first kappa shape index (κ1) is 14.2. The predicted molar refractivity (Wildman–Crippen MR) is 79.0 cm³/mol. The van der Waals surface area contributed by atoms with E-state index in [1.807, 2.05) is 42.5 Å². The minimum absolute atomic E-state index is 0.0188. The van der Waals surface area contributed by atoms with E-state index in [4.69, 9.17) is 5.73 Å². The number of hydrogen-bond acceptors (Lipinski definition) is 3. The first-order chi connectivity index (χ1) is 9.78. The molecule has 0 saturated carbocycles. The third kappa shape index (κ3) is 4.48. The van der Waals surface area contributed by atoms with Crippen LogP contribution in [0, 0.1) is 0 Å². The Morgan fingerprint density at radius 1 is 1.10 bits per heavy atom. The van der Waals surface area contributed by atoms with E-state index in [0.717, 1.165) is 17.7 Å². The Bertz CT molecular complexity index is 537. The first-order valence-corrected chi connectivity index (χ1v) is 6.72. The van der Waals surface area contributed by atoms with Crippen molar-refractivity contribution >= 4 is 5.91 Å². The smallest absolute Gasteiger partial charge is 0.226 e. The van der Waals surface area contributed by atoms with Crippen molar-refractivity contribution in [1.82, 2.24) is 10.3 Å². The Labute approximate surface area is 119 Å². The van der Waals surface area contributed by atoms with Gasteiger partial charge in [0, 0.05) is 18.4 Å². The third-order valence-corrected chi connectivity index (χ3v) is 3.01. The molecule has 0 aliphatic rings. The van der Waals surface area contributed by atoms with Gasteiger partial charge in [-0.3, -0.25) is 9.78 Å². The van der Waals surface area contributed by atoms with Crippen molar-refractivity contribution in [3.8, 4) is 0 Å². The van der Waals surface area contributed by atoms with Crippen molar-refractivity contribution < 1.29 is 4.79 Å². The fraction of sp³-hybridized carbons (Fsp3) is 0.250. The average Bonchev–Trinajstić information content (AvgIpc) is 2.48. The van der Waals surface area contributed by atoms with Crippen molar-refractivity contribution in [2.24, 2.45) is 5.73 Å². The van der Waals surface area contributed by atoms with E-state index in [9.17, 15) is 4.79 Å². The van der Waals surface area contributed by atoms with Crippen LogP contribution in [0.5, 0.6) is 0 Å². The average molecular weight is 269 g/mol. The number of carbonyl (C=O) groups excluding carboxylic acids is 1. The van der Waals surface area contributed by atoms with Crippen LogP contribution in [-0.4, -0.2) is 17.4 Å². The van der Waals surface area contributed by atoms with E-state index >= 15 is 0 Å². The Morgan fingerprint density at radius 3 is 2.50 bits per heavy atom. The van der Waals surface area contributed by atoms with Gasteiger partial charge in [-0.15, -0.1) is 0 Å². The van der Waals surface area contributed by atoms with Gasteiger partial charge in [0.05, 0.1) is 6.42 Å². The fourth-order valence-electron chi connectivity index (χ4n) is 1.92.